The zero-order valence-corrected chi connectivity index (χ0v) is 9.27. The van der Waals surface area contributed by atoms with Crippen molar-refractivity contribution in [1.29, 1.82) is 0 Å². The maximum absolute atomic E-state index is 13.2. The van der Waals surface area contributed by atoms with Crippen LogP contribution in [0.15, 0.2) is 16.6 Å². The Kier molecular flexibility index (Phi) is 2.31. The summed E-state index contributed by atoms with van der Waals surface area (Å²) in [6.45, 7) is 2.46. The highest BCUT2D eigenvalue weighted by Gasteiger charge is 2.29. The van der Waals surface area contributed by atoms with E-state index >= 15 is 0 Å². The molecule has 0 saturated carbocycles. The summed E-state index contributed by atoms with van der Waals surface area (Å²) in [7, 11) is 0. The van der Waals surface area contributed by atoms with Crippen molar-refractivity contribution in [1.82, 2.24) is 0 Å². The Morgan fingerprint density at radius 1 is 1.57 bits per heavy atom. The van der Waals surface area contributed by atoms with Gasteiger partial charge in [-0.25, -0.2) is 4.39 Å². The molecule has 0 unspecified atom stereocenters. The Balaban J connectivity index is 2.60. The van der Waals surface area contributed by atoms with Crippen LogP contribution in [-0.2, 0) is 11.2 Å². The van der Waals surface area contributed by atoms with E-state index < -0.39 is 0 Å². The highest BCUT2D eigenvalue weighted by molar-refractivity contribution is 9.10. The number of carbonyl (C=O) groups is 1. The van der Waals surface area contributed by atoms with Crippen molar-refractivity contribution in [3.63, 3.8) is 0 Å². The molecule has 0 saturated heterocycles. The van der Waals surface area contributed by atoms with Gasteiger partial charge >= 0.3 is 0 Å². The number of halogens is 2. The lowest BCUT2D eigenvalue weighted by atomic mass is 10.1. The molecule has 0 atom stereocenters. The molecule has 4 heteroatoms. The number of nitrogens with zero attached hydrogens (tertiary/aromatic N) is 1. The lowest BCUT2D eigenvalue weighted by molar-refractivity contribution is -0.117. The number of amides is 1. The van der Waals surface area contributed by atoms with Crippen LogP contribution in [0, 0.1) is 5.82 Å². The van der Waals surface area contributed by atoms with Gasteiger partial charge in [0.2, 0.25) is 5.91 Å². The van der Waals surface area contributed by atoms with Crippen LogP contribution in [0.5, 0.6) is 0 Å². The van der Waals surface area contributed by atoms with Gasteiger partial charge in [-0.1, -0.05) is 6.07 Å². The van der Waals surface area contributed by atoms with E-state index in [-0.39, 0.29) is 11.7 Å². The molecule has 2 nitrogen and oxygen atoms in total. The maximum Gasteiger partial charge on any atom is 0.231 e. The van der Waals surface area contributed by atoms with Crippen LogP contribution in [0.1, 0.15) is 12.5 Å². The lowest BCUT2D eigenvalue weighted by Crippen LogP contribution is -2.26. The molecule has 1 heterocycles. The van der Waals surface area contributed by atoms with E-state index in [0.29, 0.717) is 23.1 Å². The molecule has 14 heavy (non-hydrogen) atoms. The SMILES string of the molecule is CCN1C(=O)Cc2ccc(F)c(Br)c21. The van der Waals surface area contributed by atoms with Gasteiger partial charge in [0, 0.05) is 6.54 Å². The molecule has 0 aromatic heterocycles. The van der Waals surface area contributed by atoms with Gasteiger partial charge in [-0.05, 0) is 34.5 Å². The highest BCUT2D eigenvalue weighted by Crippen LogP contribution is 2.37. The van der Waals surface area contributed by atoms with E-state index in [1.807, 2.05) is 6.92 Å². The molecule has 0 aliphatic carbocycles. The predicted octanol–water partition coefficient (Wildman–Crippen LogP) is 2.50. The van der Waals surface area contributed by atoms with Gasteiger partial charge in [-0.3, -0.25) is 4.79 Å². The van der Waals surface area contributed by atoms with Crippen molar-refractivity contribution in [2.45, 2.75) is 13.3 Å². The van der Waals surface area contributed by atoms with Crippen LogP contribution in [0.2, 0.25) is 0 Å². The van der Waals surface area contributed by atoms with Crippen molar-refractivity contribution in [3.8, 4) is 0 Å². The van der Waals surface area contributed by atoms with Gasteiger partial charge in [0.05, 0.1) is 16.6 Å². The molecule has 0 spiro atoms. The maximum atomic E-state index is 13.2. The first-order chi connectivity index (χ1) is 6.65. The van der Waals surface area contributed by atoms with Gasteiger partial charge in [-0.15, -0.1) is 0 Å². The zero-order valence-electron chi connectivity index (χ0n) is 7.68. The quantitative estimate of drug-likeness (QED) is 0.757. The summed E-state index contributed by atoms with van der Waals surface area (Å²) in [5.41, 5.74) is 1.59. The fourth-order valence-corrected chi connectivity index (χ4v) is 2.33. The second-order valence-corrected chi connectivity index (χ2v) is 3.98. The van der Waals surface area contributed by atoms with Gasteiger partial charge in [-0.2, -0.15) is 0 Å². The van der Waals surface area contributed by atoms with E-state index in [1.54, 1.807) is 11.0 Å². The lowest BCUT2D eigenvalue weighted by Gasteiger charge is -2.16. The molecule has 2 rings (SSSR count). The van der Waals surface area contributed by atoms with Gasteiger partial charge in [0.25, 0.3) is 0 Å². The van der Waals surface area contributed by atoms with E-state index in [4.69, 9.17) is 0 Å². The Labute approximate surface area is 89.8 Å². The zero-order chi connectivity index (χ0) is 10.3. The van der Waals surface area contributed by atoms with Crippen molar-refractivity contribution in [3.05, 3.63) is 28.0 Å². The monoisotopic (exact) mass is 257 g/mol. The van der Waals surface area contributed by atoms with E-state index in [9.17, 15) is 9.18 Å². The molecule has 0 radical (unpaired) electrons. The average molecular weight is 258 g/mol. The van der Waals surface area contributed by atoms with Crippen LogP contribution in [0.3, 0.4) is 0 Å². The Morgan fingerprint density at radius 3 is 2.93 bits per heavy atom. The van der Waals surface area contributed by atoms with Crippen molar-refractivity contribution in [2.24, 2.45) is 0 Å². The van der Waals surface area contributed by atoms with Crippen molar-refractivity contribution < 1.29 is 9.18 Å². The van der Waals surface area contributed by atoms with E-state index in [2.05, 4.69) is 15.9 Å². The molecule has 0 bridgehead atoms. The van der Waals surface area contributed by atoms with Crippen molar-refractivity contribution >= 4 is 27.5 Å². The number of carbonyl (C=O) groups excluding carboxylic acids is 1. The van der Waals surface area contributed by atoms with Gasteiger partial charge in [0.1, 0.15) is 5.82 Å². The Hall–Kier alpha value is -0.900. The third kappa shape index (κ3) is 1.25. The number of likely N-dealkylation sites (N-methyl/N-ethyl adjacent to an activating group) is 1. The largest absolute Gasteiger partial charge is 0.311 e. The third-order valence-electron chi connectivity index (χ3n) is 2.38. The molecule has 0 fully saturated rings. The number of anilines is 1. The van der Waals surface area contributed by atoms with Crippen LogP contribution >= 0.6 is 15.9 Å². The minimum absolute atomic E-state index is 0.0359. The fraction of sp³-hybridized carbons (Fsp3) is 0.300. The molecule has 1 aliphatic heterocycles. The topological polar surface area (TPSA) is 20.3 Å². The molecule has 1 amide bonds. The minimum Gasteiger partial charge on any atom is -0.311 e. The minimum atomic E-state index is -0.322. The summed E-state index contributed by atoms with van der Waals surface area (Å²) < 4.78 is 13.6. The van der Waals surface area contributed by atoms with E-state index in [0.717, 1.165) is 5.56 Å². The number of hydrogen-bond acceptors (Lipinski definition) is 1. The Bertz CT molecular complexity index is 405. The molecule has 1 aromatic rings. The first-order valence-electron chi connectivity index (χ1n) is 4.42. The second kappa shape index (κ2) is 3.35. The van der Waals surface area contributed by atoms with Gasteiger partial charge in [0.15, 0.2) is 0 Å². The fourth-order valence-electron chi connectivity index (χ4n) is 1.73. The number of fused-ring (bicyclic) bond motifs is 1. The van der Waals surface area contributed by atoms with Gasteiger partial charge < -0.3 is 4.90 Å². The van der Waals surface area contributed by atoms with E-state index in [1.165, 1.54) is 6.07 Å². The summed E-state index contributed by atoms with van der Waals surface area (Å²) in [4.78, 5) is 13.1. The smallest absolute Gasteiger partial charge is 0.231 e. The van der Waals surface area contributed by atoms with Crippen molar-refractivity contribution in [2.75, 3.05) is 11.4 Å². The van der Waals surface area contributed by atoms with Crippen LogP contribution in [-0.4, -0.2) is 12.5 Å². The van der Waals surface area contributed by atoms with Crippen LogP contribution in [0.4, 0.5) is 10.1 Å². The standard InChI is InChI=1S/C10H9BrFNO/c1-2-13-8(14)5-6-3-4-7(12)9(11)10(6)13/h3-4H,2,5H2,1H3. The first kappa shape index (κ1) is 9.65. The molecular weight excluding hydrogens is 249 g/mol. The molecule has 74 valence electrons. The molecule has 1 aromatic carbocycles. The summed E-state index contributed by atoms with van der Waals surface area (Å²) in [5, 5.41) is 0. The molecule has 1 aliphatic rings. The molecule has 0 N–H and O–H groups in total. The molecular formula is C10H9BrFNO. The van der Waals surface area contributed by atoms with Crippen LogP contribution in [0.25, 0.3) is 0 Å². The summed E-state index contributed by atoms with van der Waals surface area (Å²) in [5.74, 6) is -0.286. The number of hydrogen-bond donors (Lipinski definition) is 0. The second-order valence-electron chi connectivity index (χ2n) is 3.18. The predicted molar refractivity (Wildman–Crippen MR) is 55.8 cm³/mol. The number of rotatable bonds is 1. The first-order valence-corrected chi connectivity index (χ1v) is 5.21. The third-order valence-corrected chi connectivity index (χ3v) is 3.14. The normalized spacial score (nSPS) is 14.8. The van der Waals surface area contributed by atoms with Crippen LogP contribution < -0.4 is 4.90 Å². The Morgan fingerprint density at radius 2 is 2.29 bits per heavy atom. The summed E-state index contributed by atoms with van der Waals surface area (Å²) >= 11 is 3.17. The number of benzene rings is 1. The summed E-state index contributed by atoms with van der Waals surface area (Å²) in [6.07, 6.45) is 0.377. The average Bonchev–Trinajstić information content (AvgIpc) is 2.48. The summed E-state index contributed by atoms with van der Waals surface area (Å²) in [6, 6.07) is 3.05. The highest BCUT2D eigenvalue weighted by atomic mass is 79.9.